The van der Waals surface area contributed by atoms with Gasteiger partial charge in [-0.2, -0.15) is 0 Å². The van der Waals surface area contributed by atoms with Crippen LogP contribution in [0.1, 0.15) is 6.42 Å². The highest BCUT2D eigenvalue weighted by Crippen LogP contribution is 2.17. The van der Waals surface area contributed by atoms with Gasteiger partial charge in [0.2, 0.25) is 0 Å². The molecule has 0 amide bonds. The van der Waals surface area contributed by atoms with E-state index < -0.39 is 6.10 Å². The van der Waals surface area contributed by atoms with E-state index in [0.717, 1.165) is 19.5 Å². The zero-order chi connectivity index (χ0) is 7.56. The lowest BCUT2D eigenvalue weighted by Gasteiger charge is -2.14. The standard InChI is InChI=1S/C7H15NO2/c1-8-3-2-6(4-8)7(10)5-9/h6-7,9-10H,2-5H2,1H3/t6-,7+/m0/s1. The van der Waals surface area contributed by atoms with Crippen molar-refractivity contribution in [3.05, 3.63) is 0 Å². The fourth-order valence-electron chi connectivity index (χ4n) is 1.43. The van der Waals surface area contributed by atoms with Crippen LogP contribution in [-0.4, -0.2) is 48.0 Å². The lowest BCUT2D eigenvalue weighted by atomic mass is 10.0. The van der Waals surface area contributed by atoms with E-state index in [9.17, 15) is 5.11 Å². The summed E-state index contributed by atoms with van der Waals surface area (Å²) in [5, 5.41) is 17.8. The summed E-state index contributed by atoms with van der Waals surface area (Å²) in [6.07, 6.45) is 0.503. The summed E-state index contributed by atoms with van der Waals surface area (Å²) in [6, 6.07) is 0. The lowest BCUT2D eigenvalue weighted by Crippen LogP contribution is -2.26. The summed E-state index contributed by atoms with van der Waals surface area (Å²) in [5.74, 6) is 0.287. The smallest absolute Gasteiger partial charge is 0.0811 e. The Labute approximate surface area is 61.3 Å². The molecule has 1 fully saturated rings. The Morgan fingerprint density at radius 1 is 1.70 bits per heavy atom. The minimum atomic E-state index is -0.509. The molecular formula is C7H15NO2. The molecule has 0 spiro atoms. The zero-order valence-electron chi connectivity index (χ0n) is 6.32. The van der Waals surface area contributed by atoms with Crippen LogP contribution < -0.4 is 0 Å². The third-order valence-electron chi connectivity index (χ3n) is 2.16. The number of aliphatic hydroxyl groups is 2. The minimum absolute atomic E-state index is 0.0987. The van der Waals surface area contributed by atoms with Crippen molar-refractivity contribution in [3.8, 4) is 0 Å². The molecule has 1 rings (SSSR count). The Balaban J connectivity index is 2.29. The normalized spacial score (nSPS) is 30.9. The summed E-state index contributed by atoms with van der Waals surface area (Å²) < 4.78 is 0. The fraction of sp³-hybridized carbons (Fsp3) is 1.00. The molecule has 0 saturated carbocycles. The molecule has 60 valence electrons. The van der Waals surface area contributed by atoms with Gasteiger partial charge >= 0.3 is 0 Å². The molecule has 2 N–H and O–H groups in total. The number of aliphatic hydroxyl groups excluding tert-OH is 2. The van der Waals surface area contributed by atoms with Gasteiger partial charge in [0.15, 0.2) is 0 Å². The fourth-order valence-corrected chi connectivity index (χ4v) is 1.43. The van der Waals surface area contributed by atoms with Crippen molar-refractivity contribution in [1.82, 2.24) is 4.90 Å². The summed E-state index contributed by atoms with van der Waals surface area (Å²) in [4.78, 5) is 2.17. The largest absolute Gasteiger partial charge is 0.394 e. The molecule has 0 unspecified atom stereocenters. The van der Waals surface area contributed by atoms with Crippen LogP contribution in [0.3, 0.4) is 0 Å². The summed E-state index contributed by atoms with van der Waals surface area (Å²) >= 11 is 0. The highest BCUT2D eigenvalue weighted by Gasteiger charge is 2.25. The van der Waals surface area contributed by atoms with Crippen molar-refractivity contribution in [2.75, 3.05) is 26.7 Å². The zero-order valence-corrected chi connectivity index (χ0v) is 6.32. The molecule has 1 heterocycles. The minimum Gasteiger partial charge on any atom is -0.394 e. The van der Waals surface area contributed by atoms with Crippen molar-refractivity contribution in [2.45, 2.75) is 12.5 Å². The van der Waals surface area contributed by atoms with Crippen molar-refractivity contribution in [3.63, 3.8) is 0 Å². The lowest BCUT2D eigenvalue weighted by molar-refractivity contribution is 0.0508. The number of likely N-dealkylation sites (tertiary alicyclic amines) is 1. The van der Waals surface area contributed by atoms with Crippen LogP contribution in [0.2, 0.25) is 0 Å². The molecule has 1 saturated heterocycles. The molecule has 2 atom stereocenters. The van der Waals surface area contributed by atoms with Crippen LogP contribution in [0, 0.1) is 5.92 Å². The molecule has 1 aliphatic rings. The first kappa shape index (κ1) is 7.98. The number of hydrogen-bond donors (Lipinski definition) is 2. The second kappa shape index (κ2) is 3.32. The van der Waals surface area contributed by atoms with E-state index in [1.165, 1.54) is 0 Å². The van der Waals surface area contributed by atoms with E-state index in [0.29, 0.717) is 0 Å². The van der Waals surface area contributed by atoms with Gasteiger partial charge in [0.05, 0.1) is 12.7 Å². The van der Waals surface area contributed by atoms with E-state index in [2.05, 4.69) is 4.90 Å². The maximum absolute atomic E-state index is 9.20. The first-order chi connectivity index (χ1) is 4.74. The molecule has 3 heteroatoms. The van der Waals surface area contributed by atoms with Gasteiger partial charge in [-0.3, -0.25) is 0 Å². The van der Waals surface area contributed by atoms with Crippen LogP contribution in [0.4, 0.5) is 0 Å². The van der Waals surface area contributed by atoms with Crippen LogP contribution >= 0.6 is 0 Å². The molecule has 0 bridgehead atoms. The summed E-state index contributed by atoms with van der Waals surface area (Å²) in [5.41, 5.74) is 0. The Hall–Kier alpha value is -0.120. The molecule has 3 nitrogen and oxygen atoms in total. The van der Waals surface area contributed by atoms with Gasteiger partial charge in [0.25, 0.3) is 0 Å². The van der Waals surface area contributed by atoms with Gasteiger partial charge in [0.1, 0.15) is 0 Å². The van der Waals surface area contributed by atoms with Crippen molar-refractivity contribution in [2.24, 2.45) is 5.92 Å². The monoisotopic (exact) mass is 145 g/mol. The molecule has 10 heavy (non-hydrogen) atoms. The van der Waals surface area contributed by atoms with E-state index in [4.69, 9.17) is 5.11 Å². The topological polar surface area (TPSA) is 43.7 Å². The SMILES string of the molecule is CN1CC[C@H]([C@H](O)CO)C1. The van der Waals surface area contributed by atoms with E-state index in [1.807, 2.05) is 7.05 Å². The van der Waals surface area contributed by atoms with Gasteiger partial charge in [-0.1, -0.05) is 0 Å². The number of rotatable bonds is 2. The average molecular weight is 145 g/mol. The predicted octanol–water partition coefficient (Wildman–Crippen LogP) is -0.709. The molecule has 0 aliphatic carbocycles. The molecule has 1 aliphatic heterocycles. The predicted molar refractivity (Wildman–Crippen MR) is 38.7 cm³/mol. The van der Waals surface area contributed by atoms with Crippen molar-refractivity contribution >= 4 is 0 Å². The summed E-state index contributed by atoms with van der Waals surface area (Å²) in [6.45, 7) is 1.86. The second-order valence-electron chi connectivity index (χ2n) is 3.06. The third-order valence-corrected chi connectivity index (χ3v) is 2.16. The first-order valence-corrected chi connectivity index (χ1v) is 3.71. The number of hydrogen-bond acceptors (Lipinski definition) is 3. The molecule has 0 aromatic heterocycles. The maximum atomic E-state index is 9.20. The van der Waals surface area contributed by atoms with Crippen molar-refractivity contribution < 1.29 is 10.2 Å². The molecule has 0 aromatic rings. The quantitative estimate of drug-likeness (QED) is 0.539. The molecule has 0 aromatic carbocycles. The molecule has 0 radical (unpaired) electrons. The highest BCUT2D eigenvalue weighted by atomic mass is 16.3. The van der Waals surface area contributed by atoms with E-state index in [-0.39, 0.29) is 12.5 Å². The van der Waals surface area contributed by atoms with Crippen LogP contribution in [0.5, 0.6) is 0 Å². The molecular weight excluding hydrogens is 130 g/mol. The number of nitrogens with zero attached hydrogens (tertiary/aromatic N) is 1. The Bertz CT molecular complexity index is 108. The van der Waals surface area contributed by atoms with Gasteiger partial charge in [-0.15, -0.1) is 0 Å². The van der Waals surface area contributed by atoms with Crippen molar-refractivity contribution in [1.29, 1.82) is 0 Å². The van der Waals surface area contributed by atoms with Gasteiger partial charge < -0.3 is 15.1 Å². The second-order valence-corrected chi connectivity index (χ2v) is 3.06. The van der Waals surface area contributed by atoms with Gasteiger partial charge in [-0.25, -0.2) is 0 Å². The Kier molecular flexibility index (Phi) is 2.65. The van der Waals surface area contributed by atoms with E-state index >= 15 is 0 Å². The van der Waals surface area contributed by atoms with Crippen LogP contribution in [0.25, 0.3) is 0 Å². The average Bonchev–Trinajstić information content (AvgIpc) is 2.34. The van der Waals surface area contributed by atoms with E-state index in [1.54, 1.807) is 0 Å². The van der Waals surface area contributed by atoms with Crippen LogP contribution in [0.15, 0.2) is 0 Å². The Morgan fingerprint density at radius 2 is 2.40 bits per heavy atom. The maximum Gasteiger partial charge on any atom is 0.0811 e. The van der Waals surface area contributed by atoms with Gasteiger partial charge in [-0.05, 0) is 20.0 Å². The van der Waals surface area contributed by atoms with Crippen LogP contribution in [-0.2, 0) is 0 Å². The Morgan fingerprint density at radius 3 is 2.80 bits per heavy atom. The van der Waals surface area contributed by atoms with Gasteiger partial charge in [0, 0.05) is 12.5 Å². The highest BCUT2D eigenvalue weighted by molar-refractivity contribution is 4.78. The summed E-state index contributed by atoms with van der Waals surface area (Å²) in [7, 11) is 2.03. The third kappa shape index (κ3) is 1.68. The first-order valence-electron chi connectivity index (χ1n) is 3.71.